The normalized spacial score (nSPS) is 15.2. The van der Waals surface area contributed by atoms with Crippen molar-refractivity contribution in [2.45, 2.75) is 26.3 Å². The van der Waals surface area contributed by atoms with Crippen LogP contribution < -0.4 is 19.7 Å². The van der Waals surface area contributed by atoms with E-state index in [1.54, 1.807) is 29.2 Å². The van der Waals surface area contributed by atoms with Crippen molar-refractivity contribution in [2.75, 3.05) is 24.7 Å². The fourth-order valence-electron chi connectivity index (χ4n) is 3.21. The first-order valence-electron chi connectivity index (χ1n) is 9.17. The zero-order valence-corrected chi connectivity index (χ0v) is 15.6. The van der Waals surface area contributed by atoms with E-state index in [9.17, 15) is 9.59 Å². The molecule has 1 heterocycles. The number of hydrogen-bond donors (Lipinski definition) is 1. The second-order valence-electron chi connectivity index (χ2n) is 6.20. The number of carbonyl (C=O) groups is 2. The monoisotopic (exact) mass is 368 g/mol. The van der Waals surface area contributed by atoms with Gasteiger partial charge in [-0.15, -0.1) is 0 Å². The molecular weight excluding hydrogens is 344 g/mol. The van der Waals surface area contributed by atoms with Gasteiger partial charge in [0.25, 0.3) is 5.91 Å². The average Bonchev–Trinajstić information content (AvgIpc) is 3.07. The lowest BCUT2D eigenvalue weighted by molar-refractivity contribution is -0.126. The Morgan fingerprint density at radius 3 is 2.37 bits per heavy atom. The molecule has 1 unspecified atom stereocenters. The molecule has 0 fully saturated rings. The summed E-state index contributed by atoms with van der Waals surface area (Å²) in [6.07, 6.45) is 0.511. The van der Waals surface area contributed by atoms with Crippen molar-refractivity contribution in [2.24, 2.45) is 0 Å². The number of anilines is 1. The molecule has 1 N–H and O–H groups in total. The smallest absolute Gasteiger partial charge is 0.265 e. The highest BCUT2D eigenvalue weighted by Gasteiger charge is 2.38. The van der Waals surface area contributed by atoms with Crippen LogP contribution in [-0.2, 0) is 16.0 Å². The quantitative estimate of drug-likeness (QED) is 0.816. The summed E-state index contributed by atoms with van der Waals surface area (Å²) in [4.78, 5) is 26.9. The van der Waals surface area contributed by atoms with E-state index >= 15 is 0 Å². The molecule has 2 aromatic rings. The zero-order chi connectivity index (χ0) is 19.2. The molecule has 2 aromatic carbocycles. The number of rotatable bonds is 7. The molecule has 1 aliphatic rings. The number of nitrogens with zero attached hydrogens (tertiary/aromatic N) is 1. The van der Waals surface area contributed by atoms with Gasteiger partial charge in [0.15, 0.2) is 6.61 Å². The summed E-state index contributed by atoms with van der Waals surface area (Å²) in [5.74, 6) is 0.933. The third kappa shape index (κ3) is 4.22. The molecule has 0 aromatic heterocycles. The number of fused-ring (bicyclic) bond motifs is 1. The van der Waals surface area contributed by atoms with Crippen LogP contribution in [0.5, 0.6) is 11.5 Å². The van der Waals surface area contributed by atoms with Crippen molar-refractivity contribution in [1.29, 1.82) is 0 Å². The van der Waals surface area contributed by atoms with Gasteiger partial charge in [-0.3, -0.25) is 14.5 Å². The molecule has 0 spiro atoms. The summed E-state index contributed by atoms with van der Waals surface area (Å²) in [5.41, 5.74) is 1.76. The van der Waals surface area contributed by atoms with Gasteiger partial charge in [-0.25, -0.2) is 0 Å². The molecule has 6 heteroatoms. The number of benzene rings is 2. The van der Waals surface area contributed by atoms with Gasteiger partial charge >= 0.3 is 0 Å². The Hall–Kier alpha value is -3.02. The summed E-state index contributed by atoms with van der Waals surface area (Å²) >= 11 is 0. The fourth-order valence-corrected chi connectivity index (χ4v) is 3.21. The molecule has 0 saturated carbocycles. The Labute approximate surface area is 159 Å². The molecule has 0 saturated heterocycles. The van der Waals surface area contributed by atoms with Crippen LogP contribution in [0.3, 0.4) is 0 Å². The van der Waals surface area contributed by atoms with Gasteiger partial charge < -0.3 is 14.8 Å². The molecule has 1 atom stereocenters. The van der Waals surface area contributed by atoms with E-state index in [0.717, 1.165) is 17.0 Å². The van der Waals surface area contributed by atoms with Gasteiger partial charge in [0.1, 0.15) is 17.5 Å². The first-order chi connectivity index (χ1) is 13.1. The number of para-hydroxylation sites is 1. The van der Waals surface area contributed by atoms with Gasteiger partial charge in [-0.05, 0) is 49.7 Å². The molecule has 2 amide bonds. The lowest BCUT2D eigenvalue weighted by Gasteiger charge is -2.24. The van der Waals surface area contributed by atoms with Crippen molar-refractivity contribution in [1.82, 2.24) is 5.32 Å². The summed E-state index contributed by atoms with van der Waals surface area (Å²) in [6, 6.07) is 14.2. The first kappa shape index (κ1) is 18.8. The number of ether oxygens (including phenoxy) is 2. The van der Waals surface area contributed by atoms with E-state index in [1.165, 1.54) is 0 Å². The molecule has 0 aliphatic carbocycles. The molecule has 0 bridgehead atoms. The van der Waals surface area contributed by atoms with Crippen molar-refractivity contribution in [3.8, 4) is 11.5 Å². The summed E-state index contributed by atoms with van der Waals surface area (Å²) in [5, 5.41) is 2.81. The Balaban J connectivity index is 1.71. The minimum Gasteiger partial charge on any atom is -0.494 e. The average molecular weight is 368 g/mol. The van der Waals surface area contributed by atoms with E-state index in [-0.39, 0.29) is 18.4 Å². The second kappa shape index (κ2) is 8.58. The largest absolute Gasteiger partial charge is 0.494 e. The predicted molar refractivity (Wildman–Crippen MR) is 103 cm³/mol. The van der Waals surface area contributed by atoms with Crippen LogP contribution >= 0.6 is 0 Å². The Morgan fingerprint density at radius 2 is 1.70 bits per heavy atom. The highest BCUT2D eigenvalue weighted by Crippen LogP contribution is 2.32. The third-order valence-corrected chi connectivity index (χ3v) is 4.40. The Bertz CT molecular complexity index is 804. The van der Waals surface area contributed by atoms with E-state index < -0.39 is 6.04 Å². The van der Waals surface area contributed by atoms with Crippen LogP contribution in [0.4, 0.5) is 5.69 Å². The highest BCUT2D eigenvalue weighted by molar-refractivity contribution is 6.04. The highest BCUT2D eigenvalue weighted by atomic mass is 16.5. The maximum absolute atomic E-state index is 12.9. The van der Waals surface area contributed by atoms with Crippen LogP contribution in [0.25, 0.3) is 0 Å². The van der Waals surface area contributed by atoms with Crippen LogP contribution in [-0.4, -0.2) is 37.6 Å². The first-order valence-corrected chi connectivity index (χ1v) is 9.17. The number of likely N-dealkylation sites (N-methyl/N-ethyl adjacent to an activating group) is 1. The number of nitrogens with one attached hydrogen (secondary N) is 1. The van der Waals surface area contributed by atoms with Crippen molar-refractivity contribution in [3.05, 3.63) is 54.1 Å². The minimum atomic E-state index is -0.543. The lowest BCUT2D eigenvalue weighted by Crippen LogP contribution is -2.49. The molecule has 27 heavy (non-hydrogen) atoms. The molecule has 142 valence electrons. The molecule has 6 nitrogen and oxygen atoms in total. The maximum Gasteiger partial charge on any atom is 0.265 e. The van der Waals surface area contributed by atoms with Crippen molar-refractivity contribution >= 4 is 17.5 Å². The summed E-state index contributed by atoms with van der Waals surface area (Å²) in [6.45, 7) is 4.76. The van der Waals surface area contributed by atoms with Gasteiger partial charge in [-0.1, -0.05) is 18.2 Å². The van der Waals surface area contributed by atoms with Gasteiger partial charge in [0.2, 0.25) is 5.91 Å². The molecule has 0 radical (unpaired) electrons. The zero-order valence-electron chi connectivity index (χ0n) is 15.6. The van der Waals surface area contributed by atoms with Gasteiger partial charge in [-0.2, -0.15) is 0 Å². The summed E-state index contributed by atoms with van der Waals surface area (Å²) in [7, 11) is 0. The molecule has 3 rings (SSSR count). The number of hydrogen-bond acceptors (Lipinski definition) is 4. The van der Waals surface area contributed by atoms with E-state index in [1.807, 2.05) is 38.1 Å². The van der Waals surface area contributed by atoms with Crippen LogP contribution in [0.15, 0.2) is 48.5 Å². The molecule has 1 aliphatic heterocycles. The van der Waals surface area contributed by atoms with E-state index in [2.05, 4.69) is 5.32 Å². The summed E-state index contributed by atoms with van der Waals surface area (Å²) < 4.78 is 11.0. The van der Waals surface area contributed by atoms with Crippen molar-refractivity contribution in [3.63, 3.8) is 0 Å². The Kier molecular flexibility index (Phi) is 5.96. The third-order valence-electron chi connectivity index (χ3n) is 4.40. The minimum absolute atomic E-state index is 0.141. The lowest BCUT2D eigenvalue weighted by atomic mass is 10.1. The van der Waals surface area contributed by atoms with Crippen LogP contribution in [0.2, 0.25) is 0 Å². The predicted octanol–water partition coefficient (Wildman–Crippen LogP) is 2.56. The molecular formula is C21H24N2O4. The van der Waals surface area contributed by atoms with E-state index in [4.69, 9.17) is 9.47 Å². The van der Waals surface area contributed by atoms with Crippen LogP contribution in [0.1, 0.15) is 19.4 Å². The van der Waals surface area contributed by atoms with Gasteiger partial charge in [0.05, 0.1) is 6.61 Å². The standard InChI is InChI=1S/C21H24N2O4/c1-3-22-21(25)19-13-15-7-5-6-8-18(15)23(19)20(24)14-27-17-11-9-16(10-12-17)26-4-2/h5-12,19H,3-4,13-14H2,1-2H3,(H,22,25). The van der Waals surface area contributed by atoms with Crippen LogP contribution in [0, 0.1) is 0 Å². The topological polar surface area (TPSA) is 67.9 Å². The Morgan fingerprint density at radius 1 is 1.04 bits per heavy atom. The number of amides is 2. The second-order valence-corrected chi connectivity index (χ2v) is 6.20. The maximum atomic E-state index is 12.9. The number of carbonyl (C=O) groups excluding carboxylic acids is 2. The van der Waals surface area contributed by atoms with Crippen molar-refractivity contribution < 1.29 is 19.1 Å². The SMILES string of the molecule is CCNC(=O)C1Cc2ccccc2N1C(=O)COc1ccc(OCC)cc1. The fraction of sp³-hybridized carbons (Fsp3) is 0.333. The van der Waals surface area contributed by atoms with Gasteiger partial charge in [0, 0.05) is 18.7 Å². The van der Waals surface area contributed by atoms with E-state index in [0.29, 0.717) is 25.3 Å².